The predicted molar refractivity (Wildman–Crippen MR) is 118 cm³/mol. The number of ether oxygens (including phenoxy) is 1. The van der Waals surface area contributed by atoms with Crippen molar-refractivity contribution in [2.45, 2.75) is 59.0 Å². The molecule has 158 valence electrons. The van der Waals surface area contributed by atoms with Gasteiger partial charge in [-0.3, -0.25) is 4.79 Å². The third kappa shape index (κ3) is 4.40. The lowest BCUT2D eigenvalue weighted by molar-refractivity contribution is -0.119. The van der Waals surface area contributed by atoms with E-state index in [2.05, 4.69) is 44.4 Å². The molecule has 3 rings (SSSR count). The van der Waals surface area contributed by atoms with Crippen LogP contribution in [0.25, 0.3) is 0 Å². The summed E-state index contributed by atoms with van der Waals surface area (Å²) in [6.07, 6.45) is 0.697. The van der Waals surface area contributed by atoms with Gasteiger partial charge in [-0.2, -0.15) is 5.26 Å². The molecule has 6 nitrogen and oxygen atoms in total. The summed E-state index contributed by atoms with van der Waals surface area (Å²) in [6.45, 7) is 11.6. The standard InChI is InChI=1S/C23H27N3O3S/c1-13-7-8-14(2)15(9-13)21(28)29-12-18(27)25-20-17(11-24)16-10-22(3,4)26-23(5,6)19(16)30-20/h7-9,26H,10,12H2,1-6H3,(H,25,27). The van der Waals surface area contributed by atoms with Gasteiger partial charge in [0.15, 0.2) is 6.61 Å². The van der Waals surface area contributed by atoms with Gasteiger partial charge in [0.25, 0.3) is 5.91 Å². The first-order valence-electron chi connectivity index (χ1n) is 9.83. The summed E-state index contributed by atoms with van der Waals surface area (Å²) >= 11 is 1.40. The van der Waals surface area contributed by atoms with E-state index >= 15 is 0 Å². The van der Waals surface area contributed by atoms with Gasteiger partial charge in [0, 0.05) is 16.0 Å². The van der Waals surface area contributed by atoms with E-state index in [1.54, 1.807) is 6.07 Å². The van der Waals surface area contributed by atoms with Crippen LogP contribution in [-0.2, 0) is 21.5 Å². The fourth-order valence-electron chi connectivity index (χ4n) is 4.06. The van der Waals surface area contributed by atoms with Crippen LogP contribution in [0.4, 0.5) is 5.00 Å². The number of fused-ring (bicyclic) bond motifs is 1. The van der Waals surface area contributed by atoms with Gasteiger partial charge in [0.05, 0.1) is 11.1 Å². The van der Waals surface area contributed by atoms with Crippen LogP contribution in [-0.4, -0.2) is 24.0 Å². The zero-order chi connectivity index (χ0) is 22.3. The van der Waals surface area contributed by atoms with Crippen LogP contribution >= 0.6 is 11.3 Å². The van der Waals surface area contributed by atoms with E-state index < -0.39 is 18.5 Å². The third-order valence-electron chi connectivity index (χ3n) is 5.16. The van der Waals surface area contributed by atoms with Crippen molar-refractivity contribution < 1.29 is 14.3 Å². The van der Waals surface area contributed by atoms with Gasteiger partial charge in [-0.1, -0.05) is 17.7 Å². The summed E-state index contributed by atoms with van der Waals surface area (Å²) in [4.78, 5) is 25.9. The molecule has 1 aromatic carbocycles. The Hall–Kier alpha value is -2.69. The van der Waals surface area contributed by atoms with E-state index in [1.807, 2.05) is 26.0 Å². The number of nitriles is 1. The highest BCUT2D eigenvalue weighted by atomic mass is 32.1. The highest BCUT2D eigenvalue weighted by Crippen LogP contribution is 2.44. The van der Waals surface area contributed by atoms with E-state index in [0.717, 1.165) is 21.6 Å². The molecule has 7 heteroatoms. The molecular weight excluding hydrogens is 398 g/mol. The second kappa shape index (κ2) is 7.86. The lowest BCUT2D eigenvalue weighted by atomic mass is 9.81. The SMILES string of the molecule is Cc1ccc(C)c(C(=O)OCC(=O)Nc2sc3c(c2C#N)CC(C)(C)NC3(C)C)c1. The van der Waals surface area contributed by atoms with Gasteiger partial charge in [-0.25, -0.2) is 4.79 Å². The summed E-state index contributed by atoms with van der Waals surface area (Å²) < 4.78 is 5.21. The van der Waals surface area contributed by atoms with Crippen molar-refractivity contribution >= 4 is 28.2 Å². The Morgan fingerprint density at radius 3 is 2.63 bits per heavy atom. The first-order valence-corrected chi connectivity index (χ1v) is 10.6. The number of rotatable bonds is 4. The van der Waals surface area contributed by atoms with Gasteiger partial charge in [0.2, 0.25) is 0 Å². The number of aryl methyl sites for hydroxylation is 2. The molecule has 1 aliphatic heterocycles. The van der Waals surface area contributed by atoms with Crippen molar-refractivity contribution in [3.05, 3.63) is 50.9 Å². The molecule has 2 N–H and O–H groups in total. The molecule has 0 atom stereocenters. The Kier molecular flexibility index (Phi) is 5.76. The van der Waals surface area contributed by atoms with Crippen LogP contribution in [0.5, 0.6) is 0 Å². The maximum atomic E-state index is 12.5. The molecule has 1 aliphatic rings. The van der Waals surface area contributed by atoms with Crippen LogP contribution in [0.1, 0.15) is 65.2 Å². The van der Waals surface area contributed by atoms with Crippen LogP contribution in [0, 0.1) is 25.2 Å². The minimum atomic E-state index is -0.538. The second-order valence-electron chi connectivity index (χ2n) is 8.98. The fourth-order valence-corrected chi connectivity index (χ4v) is 5.30. The average molecular weight is 426 g/mol. The minimum absolute atomic E-state index is 0.161. The summed E-state index contributed by atoms with van der Waals surface area (Å²) in [5.41, 5.74) is 3.17. The van der Waals surface area contributed by atoms with Crippen LogP contribution < -0.4 is 10.6 Å². The largest absolute Gasteiger partial charge is 0.452 e. The second-order valence-corrected chi connectivity index (χ2v) is 10.00. The molecular formula is C23H27N3O3S. The third-order valence-corrected chi connectivity index (χ3v) is 6.63. The number of anilines is 1. The molecule has 2 aromatic rings. The summed E-state index contributed by atoms with van der Waals surface area (Å²) in [7, 11) is 0. The molecule has 0 spiro atoms. The van der Waals surface area contributed by atoms with E-state index in [9.17, 15) is 14.9 Å². The number of nitrogens with one attached hydrogen (secondary N) is 2. The molecule has 0 saturated carbocycles. The first kappa shape index (κ1) is 22.0. The molecule has 0 bridgehead atoms. The lowest BCUT2D eigenvalue weighted by Gasteiger charge is -2.42. The molecule has 0 unspecified atom stereocenters. The van der Waals surface area contributed by atoms with Gasteiger partial charge in [-0.15, -0.1) is 11.3 Å². The monoisotopic (exact) mass is 425 g/mol. The summed E-state index contributed by atoms with van der Waals surface area (Å²) in [5, 5.41) is 16.6. The minimum Gasteiger partial charge on any atom is -0.452 e. The Bertz CT molecular complexity index is 1060. The topological polar surface area (TPSA) is 91.2 Å². The molecule has 0 fully saturated rings. The van der Waals surface area contributed by atoms with Crippen molar-refractivity contribution in [2.75, 3.05) is 11.9 Å². The van der Waals surface area contributed by atoms with Crippen LogP contribution in [0.15, 0.2) is 18.2 Å². The van der Waals surface area contributed by atoms with Crippen LogP contribution in [0.2, 0.25) is 0 Å². The zero-order valence-electron chi connectivity index (χ0n) is 18.2. The predicted octanol–water partition coefficient (Wildman–Crippen LogP) is 4.19. The van der Waals surface area contributed by atoms with E-state index in [4.69, 9.17) is 4.74 Å². The van der Waals surface area contributed by atoms with Gasteiger partial charge in [0.1, 0.15) is 11.1 Å². The van der Waals surface area contributed by atoms with E-state index in [0.29, 0.717) is 22.5 Å². The maximum Gasteiger partial charge on any atom is 0.338 e. The van der Waals surface area contributed by atoms with Crippen molar-refractivity contribution in [3.63, 3.8) is 0 Å². The number of carbonyl (C=O) groups excluding carboxylic acids is 2. The number of hydrogen-bond acceptors (Lipinski definition) is 6. The Balaban J connectivity index is 1.75. The zero-order valence-corrected chi connectivity index (χ0v) is 19.0. The summed E-state index contributed by atoms with van der Waals surface area (Å²) in [5.74, 6) is -1.00. The molecule has 1 amide bonds. The number of benzene rings is 1. The highest BCUT2D eigenvalue weighted by Gasteiger charge is 2.40. The Morgan fingerprint density at radius 2 is 1.97 bits per heavy atom. The lowest BCUT2D eigenvalue weighted by Crippen LogP contribution is -2.54. The van der Waals surface area contributed by atoms with Crippen LogP contribution in [0.3, 0.4) is 0 Å². The maximum absolute atomic E-state index is 12.5. The van der Waals surface area contributed by atoms with Gasteiger partial charge < -0.3 is 15.4 Å². The van der Waals surface area contributed by atoms with Crippen molar-refractivity contribution in [1.29, 1.82) is 5.26 Å². The number of amides is 1. The van der Waals surface area contributed by atoms with Gasteiger partial charge >= 0.3 is 5.97 Å². The number of thiophene rings is 1. The number of esters is 1. The first-order chi connectivity index (χ1) is 13.9. The van der Waals surface area contributed by atoms with Crippen molar-refractivity contribution in [1.82, 2.24) is 5.32 Å². The van der Waals surface area contributed by atoms with Crippen molar-refractivity contribution in [2.24, 2.45) is 0 Å². The molecule has 0 saturated heterocycles. The molecule has 1 aromatic heterocycles. The number of nitrogens with zero attached hydrogens (tertiary/aromatic N) is 1. The smallest absolute Gasteiger partial charge is 0.338 e. The average Bonchev–Trinajstić information content (AvgIpc) is 2.97. The number of hydrogen-bond donors (Lipinski definition) is 2. The Labute approximate surface area is 181 Å². The molecule has 30 heavy (non-hydrogen) atoms. The van der Waals surface area contributed by atoms with Gasteiger partial charge in [-0.05, 0) is 65.2 Å². The molecule has 0 radical (unpaired) electrons. The quantitative estimate of drug-likeness (QED) is 0.717. The summed E-state index contributed by atoms with van der Waals surface area (Å²) in [6, 6.07) is 7.75. The molecule has 0 aliphatic carbocycles. The van der Waals surface area contributed by atoms with E-state index in [-0.39, 0.29) is 11.1 Å². The molecule has 2 heterocycles. The number of carbonyl (C=O) groups is 2. The fraction of sp³-hybridized carbons (Fsp3) is 0.435. The van der Waals surface area contributed by atoms with E-state index in [1.165, 1.54) is 11.3 Å². The normalized spacial score (nSPS) is 16.3. The Morgan fingerprint density at radius 1 is 1.27 bits per heavy atom. The van der Waals surface area contributed by atoms with Crippen molar-refractivity contribution in [3.8, 4) is 6.07 Å². The highest BCUT2D eigenvalue weighted by molar-refractivity contribution is 7.17.